The first kappa shape index (κ1) is 15.1. The second kappa shape index (κ2) is 6.90. The van der Waals surface area contributed by atoms with Crippen LogP contribution in [0.4, 0.5) is 0 Å². The number of carbonyl (C=O) groups is 1. The van der Waals surface area contributed by atoms with Crippen molar-refractivity contribution in [2.45, 2.75) is 19.0 Å². The van der Waals surface area contributed by atoms with E-state index >= 15 is 0 Å². The molecular weight excluding hydrogens is 264 g/mol. The molecule has 0 radical (unpaired) electrons. The average Bonchev–Trinajstić information content (AvgIpc) is 2.54. The first-order valence-corrected chi connectivity index (χ1v) is 6.86. The predicted molar refractivity (Wildman–Crippen MR) is 82.9 cm³/mol. The molecule has 0 aliphatic heterocycles. The fourth-order valence-corrected chi connectivity index (χ4v) is 2.11. The molecule has 0 aromatic heterocycles. The summed E-state index contributed by atoms with van der Waals surface area (Å²) in [5.41, 5.74) is 7.76. The van der Waals surface area contributed by atoms with Crippen molar-refractivity contribution in [3.05, 3.63) is 65.7 Å². The number of carbonyl (C=O) groups excluding carboxylic acids is 1. The molecule has 1 amide bonds. The van der Waals surface area contributed by atoms with Gasteiger partial charge < -0.3 is 15.8 Å². The van der Waals surface area contributed by atoms with E-state index < -0.39 is 6.04 Å². The number of rotatable bonds is 5. The fraction of sp³-hybridized carbons (Fsp3) is 0.235. The van der Waals surface area contributed by atoms with Crippen molar-refractivity contribution in [3.63, 3.8) is 0 Å². The van der Waals surface area contributed by atoms with Crippen molar-refractivity contribution in [1.29, 1.82) is 0 Å². The van der Waals surface area contributed by atoms with Gasteiger partial charge in [0.1, 0.15) is 11.8 Å². The number of amides is 1. The van der Waals surface area contributed by atoms with Crippen LogP contribution in [0.3, 0.4) is 0 Å². The zero-order valence-electron chi connectivity index (χ0n) is 12.2. The van der Waals surface area contributed by atoms with E-state index in [0.29, 0.717) is 0 Å². The smallest absolute Gasteiger partial charge is 0.241 e. The minimum absolute atomic E-state index is 0.137. The van der Waals surface area contributed by atoms with Gasteiger partial charge in [-0.25, -0.2) is 0 Å². The van der Waals surface area contributed by atoms with Crippen molar-refractivity contribution >= 4 is 5.91 Å². The largest absolute Gasteiger partial charge is 0.497 e. The van der Waals surface area contributed by atoms with Crippen LogP contribution in [0.2, 0.25) is 0 Å². The van der Waals surface area contributed by atoms with Gasteiger partial charge in [-0.05, 0) is 30.2 Å². The maximum atomic E-state index is 12.2. The van der Waals surface area contributed by atoms with Gasteiger partial charge in [0.25, 0.3) is 0 Å². The van der Waals surface area contributed by atoms with Crippen LogP contribution in [0, 0.1) is 0 Å². The van der Waals surface area contributed by atoms with Gasteiger partial charge in [-0.2, -0.15) is 0 Å². The van der Waals surface area contributed by atoms with Crippen molar-refractivity contribution in [2.75, 3.05) is 7.11 Å². The van der Waals surface area contributed by atoms with E-state index in [1.165, 1.54) is 0 Å². The number of nitrogens with two attached hydrogens (primary N) is 1. The molecule has 0 saturated carbocycles. The molecular formula is C17H20N2O2. The van der Waals surface area contributed by atoms with Gasteiger partial charge in [0.2, 0.25) is 5.91 Å². The highest BCUT2D eigenvalue weighted by atomic mass is 16.5. The summed E-state index contributed by atoms with van der Waals surface area (Å²) in [4.78, 5) is 12.2. The quantitative estimate of drug-likeness (QED) is 0.887. The molecule has 0 aliphatic rings. The SMILES string of the molecule is COc1cccc([C@H](C)NC(=O)C(N)c2ccccc2)c1. The van der Waals surface area contributed by atoms with E-state index in [0.717, 1.165) is 16.9 Å². The zero-order chi connectivity index (χ0) is 15.2. The maximum Gasteiger partial charge on any atom is 0.241 e. The molecule has 1 unspecified atom stereocenters. The van der Waals surface area contributed by atoms with Crippen molar-refractivity contribution in [2.24, 2.45) is 5.73 Å². The molecule has 3 N–H and O–H groups in total. The van der Waals surface area contributed by atoms with Crippen LogP contribution >= 0.6 is 0 Å². The van der Waals surface area contributed by atoms with Gasteiger partial charge >= 0.3 is 0 Å². The third kappa shape index (κ3) is 3.83. The second-order valence-corrected chi connectivity index (χ2v) is 4.90. The normalized spacial score (nSPS) is 13.3. The van der Waals surface area contributed by atoms with Crippen molar-refractivity contribution in [1.82, 2.24) is 5.32 Å². The Morgan fingerprint density at radius 2 is 1.76 bits per heavy atom. The highest BCUT2D eigenvalue weighted by molar-refractivity contribution is 5.83. The molecule has 110 valence electrons. The van der Waals surface area contributed by atoms with Crippen molar-refractivity contribution < 1.29 is 9.53 Å². The van der Waals surface area contributed by atoms with Gasteiger partial charge in [-0.1, -0.05) is 42.5 Å². The highest BCUT2D eigenvalue weighted by Crippen LogP contribution is 2.19. The third-order valence-electron chi connectivity index (χ3n) is 3.39. The molecule has 0 aliphatic carbocycles. The number of nitrogens with one attached hydrogen (secondary N) is 1. The van der Waals surface area contributed by atoms with Crippen molar-refractivity contribution in [3.8, 4) is 5.75 Å². The first-order valence-electron chi connectivity index (χ1n) is 6.86. The molecule has 2 aromatic carbocycles. The maximum absolute atomic E-state index is 12.2. The molecule has 2 atom stereocenters. The summed E-state index contributed by atoms with van der Waals surface area (Å²) in [5.74, 6) is 0.567. The topological polar surface area (TPSA) is 64.3 Å². The summed E-state index contributed by atoms with van der Waals surface area (Å²) < 4.78 is 5.19. The van der Waals surface area contributed by atoms with Gasteiger partial charge in [-0.15, -0.1) is 0 Å². The van der Waals surface area contributed by atoms with Gasteiger partial charge in [0, 0.05) is 0 Å². The van der Waals surface area contributed by atoms with E-state index in [1.54, 1.807) is 7.11 Å². The first-order chi connectivity index (χ1) is 10.1. The molecule has 4 nitrogen and oxygen atoms in total. The molecule has 0 saturated heterocycles. The summed E-state index contributed by atoms with van der Waals surface area (Å²) in [5, 5.41) is 2.93. The molecule has 0 bridgehead atoms. The Labute approximate surface area is 124 Å². The minimum Gasteiger partial charge on any atom is -0.497 e. The molecule has 4 heteroatoms. The monoisotopic (exact) mass is 284 g/mol. The Morgan fingerprint density at radius 1 is 1.10 bits per heavy atom. The number of benzene rings is 2. The standard InChI is InChI=1S/C17H20N2O2/c1-12(14-9-6-10-15(11-14)21-2)19-17(20)16(18)13-7-4-3-5-8-13/h3-12,16H,18H2,1-2H3,(H,19,20)/t12-,16?/m0/s1. The highest BCUT2D eigenvalue weighted by Gasteiger charge is 2.18. The molecule has 0 spiro atoms. The summed E-state index contributed by atoms with van der Waals surface area (Å²) in [7, 11) is 1.62. The number of hydrogen-bond donors (Lipinski definition) is 2. The Hall–Kier alpha value is -2.33. The summed E-state index contributed by atoms with van der Waals surface area (Å²) >= 11 is 0. The van der Waals surface area contributed by atoms with Gasteiger partial charge in [0.15, 0.2) is 0 Å². The van der Waals surface area contributed by atoms with Crippen LogP contribution < -0.4 is 15.8 Å². The molecule has 2 rings (SSSR count). The van der Waals surface area contributed by atoms with E-state index in [4.69, 9.17) is 10.5 Å². The summed E-state index contributed by atoms with van der Waals surface area (Å²) in [6.45, 7) is 1.92. The average molecular weight is 284 g/mol. The van der Waals surface area contributed by atoms with E-state index in [1.807, 2.05) is 61.5 Å². The minimum atomic E-state index is -0.667. The Balaban J connectivity index is 2.04. The number of methoxy groups -OCH3 is 1. The van der Waals surface area contributed by atoms with Crippen LogP contribution in [-0.4, -0.2) is 13.0 Å². The second-order valence-electron chi connectivity index (χ2n) is 4.90. The van der Waals surface area contributed by atoms with Crippen LogP contribution in [-0.2, 0) is 4.79 Å². The Kier molecular flexibility index (Phi) is 4.95. The van der Waals surface area contributed by atoms with Crippen LogP contribution in [0.25, 0.3) is 0 Å². The summed E-state index contributed by atoms with van der Waals surface area (Å²) in [6, 6.07) is 16.1. The lowest BCUT2D eigenvalue weighted by molar-refractivity contribution is -0.123. The Bertz CT molecular complexity index is 599. The lowest BCUT2D eigenvalue weighted by Crippen LogP contribution is -2.35. The van der Waals surface area contributed by atoms with Crippen LogP contribution in [0.15, 0.2) is 54.6 Å². The molecule has 21 heavy (non-hydrogen) atoms. The number of ether oxygens (including phenoxy) is 1. The van der Waals surface area contributed by atoms with E-state index in [2.05, 4.69) is 5.32 Å². The van der Waals surface area contributed by atoms with Gasteiger partial charge in [0.05, 0.1) is 13.2 Å². The molecule has 0 fully saturated rings. The summed E-state index contributed by atoms with van der Waals surface area (Å²) in [6.07, 6.45) is 0. The van der Waals surface area contributed by atoms with Crippen LogP contribution in [0.5, 0.6) is 5.75 Å². The molecule has 0 heterocycles. The third-order valence-corrected chi connectivity index (χ3v) is 3.39. The number of hydrogen-bond acceptors (Lipinski definition) is 3. The molecule has 2 aromatic rings. The van der Waals surface area contributed by atoms with Gasteiger partial charge in [-0.3, -0.25) is 4.79 Å². The van der Waals surface area contributed by atoms with E-state index in [9.17, 15) is 4.79 Å². The Morgan fingerprint density at radius 3 is 2.43 bits per heavy atom. The fourth-order valence-electron chi connectivity index (χ4n) is 2.11. The van der Waals surface area contributed by atoms with E-state index in [-0.39, 0.29) is 11.9 Å². The zero-order valence-corrected chi connectivity index (χ0v) is 12.2. The lowest BCUT2D eigenvalue weighted by Gasteiger charge is -2.18. The predicted octanol–water partition coefficient (Wildman–Crippen LogP) is 2.57. The van der Waals surface area contributed by atoms with Crippen LogP contribution in [0.1, 0.15) is 30.1 Å². The lowest BCUT2D eigenvalue weighted by atomic mass is 10.0.